The van der Waals surface area contributed by atoms with Gasteiger partial charge in [-0.15, -0.1) is 0 Å². The van der Waals surface area contributed by atoms with Gasteiger partial charge in [0.25, 0.3) is 0 Å². The summed E-state index contributed by atoms with van der Waals surface area (Å²) in [5.41, 5.74) is 0. The Hall–Kier alpha value is -0.660. The molecule has 2 nitrogen and oxygen atoms in total. The summed E-state index contributed by atoms with van der Waals surface area (Å²) in [5.74, 6) is 0.838. The number of carbonyl (C=O) groups excluding carboxylic acids is 2. The Balaban J connectivity index is 3.15. The Morgan fingerprint density at radius 1 is 0.387 bits per heavy atom. The van der Waals surface area contributed by atoms with E-state index in [-0.39, 0.29) is 0 Å². The van der Waals surface area contributed by atoms with Crippen LogP contribution < -0.4 is 0 Å². The molecule has 0 aliphatic carbocycles. The van der Waals surface area contributed by atoms with Gasteiger partial charge in [-0.2, -0.15) is 0 Å². The Labute approximate surface area is 195 Å². The predicted octanol–water partition coefficient (Wildman–Crippen LogP) is 9.92. The highest BCUT2D eigenvalue weighted by molar-refractivity contribution is 5.78. The van der Waals surface area contributed by atoms with E-state index in [0.29, 0.717) is 11.6 Å². The van der Waals surface area contributed by atoms with Crippen molar-refractivity contribution in [3.8, 4) is 0 Å². The fraction of sp³-hybridized carbons (Fsp3) is 0.931. The smallest absolute Gasteiger partial charge is 0.132 e. The largest absolute Gasteiger partial charge is 0.300 e. The number of unbranched alkanes of at least 4 members (excludes halogenated alkanes) is 20. The van der Waals surface area contributed by atoms with E-state index >= 15 is 0 Å². The molecular weight excluding hydrogens is 380 g/mol. The van der Waals surface area contributed by atoms with Crippen LogP contribution in [0.25, 0.3) is 0 Å². The van der Waals surface area contributed by atoms with Crippen LogP contribution in [0.3, 0.4) is 0 Å². The minimum Gasteiger partial charge on any atom is -0.300 e. The molecule has 0 aromatic carbocycles. The molecule has 0 heterocycles. The van der Waals surface area contributed by atoms with Crippen LogP contribution in [0.2, 0.25) is 0 Å². The van der Waals surface area contributed by atoms with Crippen molar-refractivity contribution in [2.45, 2.75) is 174 Å². The molecule has 0 fully saturated rings. The molecule has 0 aromatic heterocycles. The van der Waals surface area contributed by atoms with Gasteiger partial charge in [-0.25, -0.2) is 0 Å². The summed E-state index contributed by atoms with van der Waals surface area (Å²) in [4.78, 5) is 22.9. The van der Waals surface area contributed by atoms with E-state index in [1.54, 1.807) is 6.92 Å². The van der Waals surface area contributed by atoms with E-state index in [1.807, 2.05) is 0 Å². The fourth-order valence-corrected chi connectivity index (χ4v) is 4.40. The Morgan fingerprint density at radius 2 is 0.645 bits per heavy atom. The average Bonchev–Trinajstić information content (AvgIpc) is 2.75. The van der Waals surface area contributed by atoms with Crippen molar-refractivity contribution in [1.29, 1.82) is 0 Å². The first-order valence-electron chi connectivity index (χ1n) is 14.2. The van der Waals surface area contributed by atoms with Crippen LogP contribution in [0.1, 0.15) is 174 Å². The predicted molar refractivity (Wildman–Crippen MR) is 137 cm³/mol. The number of rotatable bonds is 26. The number of carbonyl (C=O) groups is 2. The molecule has 0 aromatic rings. The van der Waals surface area contributed by atoms with Gasteiger partial charge >= 0.3 is 0 Å². The van der Waals surface area contributed by atoms with Crippen molar-refractivity contribution in [2.24, 2.45) is 0 Å². The lowest BCUT2D eigenvalue weighted by atomic mass is 10.0. The second-order valence-electron chi connectivity index (χ2n) is 9.92. The molecular formula is C29H56O2. The summed E-state index contributed by atoms with van der Waals surface area (Å²) in [7, 11) is 0. The molecule has 0 amide bonds. The molecule has 0 aliphatic rings. The average molecular weight is 437 g/mol. The zero-order valence-corrected chi connectivity index (χ0v) is 21.5. The molecule has 2 heteroatoms. The van der Waals surface area contributed by atoms with Gasteiger partial charge in [-0.05, 0) is 26.2 Å². The SMILES string of the molecule is CCCCCCCCCCCC(=O)CCCCCCCCCCCCCCCC(C)=O. The molecule has 0 N–H and O–H groups in total. The highest BCUT2D eigenvalue weighted by atomic mass is 16.1. The summed E-state index contributed by atoms with van der Waals surface area (Å²) in [6, 6.07) is 0. The van der Waals surface area contributed by atoms with Crippen LogP contribution in [0.4, 0.5) is 0 Å². The number of hydrogen-bond donors (Lipinski definition) is 0. The lowest BCUT2D eigenvalue weighted by molar-refractivity contribution is -0.119. The topological polar surface area (TPSA) is 34.1 Å². The molecule has 31 heavy (non-hydrogen) atoms. The summed E-state index contributed by atoms with van der Waals surface area (Å²) >= 11 is 0. The highest BCUT2D eigenvalue weighted by Crippen LogP contribution is 2.15. The fourth-order valence-electron chi connectivity index (χ4n) is 4.40. The molecule has 184 valence electrons. The quantitative estimate of drug-likeness (QED) is 0.126. The Kier molecular flexibility index (Phi) is 25.1. The molecule has 0 spiro atoms. The van der Waals surface area contributed by atoms with Gasteiger partial charge in [-0.3, -0.25) is 4.79 Å². The first-order valence-corrected chi connectivity index (χ1v) is 14.2. The maximum atomic E-state index is 12.0. The van der Waals surface area contributed by atoms with E-state index in [1.165, 1.54) is 122 Å². The molecule has 0 radical (unpaired) electrons. The van der Waals surface area contributed by atoms with E-state index in [0.717, 1.165) is 38.5 Å². The first kappa shape index (κ1) is 30.3. The molecule has 0 aliphatic heterocycles. The minimum atomic E-state index is 0.334. The van der Waals surface area contributed by atoms with Crippen LogP contribution in [0.15, 0.2) is 0 Å². The van der Waals surface area contributed by atoms with Crippen molar-refractivity contribution >= 4 is 11.6 Å². The van der Waals surface area contributed by atoms with E-state index in [4.69, 9.17) is 0 Å². The van der Waals surface area contributed by atoms with Gasteiger partial charge in [0.2, 0.25) is 0 Å². The van der Waals surface area contributed by atoms with Crippen molar-refractivity contribution in [1.82, 2.24) is 0 Å². The van der Waals surface area contributed by atoms with Gasteiger partial charge in [-0.1, -0.05) is 129 Å². The number of Topliss-reactive ketones (excluding diaryl/α,β-unsaturated/α-hetero) is 2. The third-order valence-electron chi connectivity index (χ3n) is 6.54. The maximum absolute atomic E-state index is 12.0. The molecule has 0 atom stereocenters. The second-order valence-corrected chi connectivity index (χ2v) is 9.92. The van der Waals surface area contributed by atoms with Crippen LogP contribution in [-0.4, -0.2) is 11.6 Å². The van der Waals surface area contributed by atoms with Crippen molar-refractivity contribution < 1.29 is 9.59 Å². The molecule has 0 rings (SSSR count). The van der Waals surface area contributed by atoms with Gasteiger partial charge in [0.15, 0.2) is 0 Å². The van der Waals surface area contributed by atoms with Crippen LogP contribution in [-0.2, 0) is 9.59 Å². The normalized spacial score (nSPS) is 11.2. The Morgan fingerprint density at radius 3 is 0.935 bits per heavy atom. The molecule has 0 bridgehead atoms. The van der Waals surface area contributed by atoms with Crippen LogP contribution in [0, 0.1) is 0 Å². The van der Waals surface area contributed by atoms with Crippen molar-refractivity contribution in [3.05, 3.63) is 0 Å². The van der Waals surface area contributed by atoms with Gasteiger partial charge in [0, 0.05) is 19.3 Å². The Bertz CT molecular complexity index is 388. The maximum Gasteiger partial charge on any atom is 0.132 e. The molecule has 0 saturated carbocycles. The van der Waals surface area contributed by atoms with Crippen LogP contribution >= 0.6 is 0 Å². The van der Waals surface area contributed by atoms with Crippen molar-refractivity contribution in [2.75, 3.05) is 0 Å². The first-order chi connectivity index (χ1) is 15.2. The standard InChI is InChI=1S/C29H56O2/c1-3-4-5-6-7-13-17-20-23-26-29(31)27-24-21-18-15-12-10-8-9-11-14-16-19-22-25-28(2)30/h3-27H2,1-2H3. The summed E-state index contributed by atoms with van der Waals surface area (Å²) < 4.78 is 0. The van der Waals surface area contributed by atoms with Gasteiger partial charge in [0.1, 0.15) is 11.6 Å². The van der Waals surface area contributed by atoms with E-state index < -0.39 is 0 Å². The summed E-state index contributed by atoms with van der Waals surface area (Å²) in [6.45, 7) is 3.96. The lowest BCUT2D eigenvalue weighted by Gasteiger charge is -2.04. The molecule has 0 unspecified atom stereocenters. The second kappa shape index (κ2) is 25.6. The third-order valence-corrected chi connectivity index (χ3v) is 6.54. The zero-order valence-electron chi connectivity index (χ0n) is 21.5. The van der Waals surface area contributed by atoms with Gasteiger partial charge < -0.3 is 4.79 Å². The van der Waals surface area contributed by atoms with Crippen molar-refractivity contribution in [3.63, 3.8) is 0 Å². The third kappa shape index (κ3) is 27.3. The van der Waals surface area contributed by atoms with Crippen LogP contribution in [0.5, 0.6) is 0 Å². The lowest BCUT2D eigenvalue weighted by Crippen LogP contribution is -1.97. The molecule has 0 saturated heterocycles. The van der Waals surface area contributed by atoms with E-state index in [9.17, 15) is 9.59 Å². The summed E-state index contributed by atoms with van der Waals surface area (Å²) in [6.07, 6.45) is 31.2. The number of hydrogen-bond acceptors (Lipinski definition) is 2. The number of ketones is 2. The monoisotopic (exact) mass is 436 g/mol. The van der Waals surface area contributed by atoms with Gasteiger partial charge in [0.05, 0.1) is 0 Å². The minimum absolute atomic E-state index is 0.334. The highest BCUT2D eigenvalue weighted by Gasteiger charge is 2.02. The zero-order chi connectivity index (χ0) is 22.8. The van der Waals surface area contributed by atoms with E-state index in [2.05, 4.69) is 6.92 Å². The summed E-state index contributed by atoms with van der Waals surface area (Å²) in [5, 5.41) is 0.